The first-order chi connectivity index (χ1) is 20.0. The molecule has 1 N–H and O–H groups in total. The van der Waals surface area contributed by atoms with Crippen LogP contribution in [0.3, 0.4) is 0 Å². The number of halogens is 2. The second-order valence-electron chi connectivity index (χ2n) is 9.83. The largest absolute Gasteiger partial charge is 0.455 e. The summed E-state index contributed by atoms with van der Waals surface area (Å²) in [4.78, 5) is 14.0. The van der Waals surface area contributed by atoms with Gasteiger partial charge in [0.05, 0.1) is 17.5 Å². The molecule has 6 aromatic rings. The predicted molar refractivity (Wildman–Crippen MR) is 164 cm³/mol. The number of sulfonamides is 1. The van der Waals surface area contributed by atoms with Gasteiger partial charge in [0.15, 0.2) is 0 Å². The molecule has 1 amide bonds. The third kappa shape index (κ3) is 4.82. The Morgan fingerprint density at radius 1 is 0.881 bits per heavy atom. The lowest BCUT2D eigenvalue weighted by atomic mass is 9.97. The summed E-state index contributed by atoms with van der Waals surface area (Å²) < 4.78 is 61.6. The van der Waals surface area contributed by atoms with Crippen LogP contribution < -0.4 is 9.62 Å². The molecule has 0 unspecified atom stereocenters. The molecule has 212 valence electrons. The first-order valence-corrected chi connectivity index (χ1v) is 15.5. The number of benzene rings is 4. The highest BCUT2D eigenvalue weighted by Crippen LogP contribution is 2.43. The number of hydrogen-bond donors (Lipinski definition) is 1. The Bertz CT molecular complexity index is 2120. The van der Waals surface area contributed by atoms with Crippen molar-refractivity contribution in [3.63, 3.8) is 0 Å². The SMILES string of the molecule is CNC(=O)c1c(-c2ccc(F)cc2)oc2cc(N(C)S(C)(=O)=O)c(-c3cccc(-c4cc5c(F)cccc5s4)c3)cc12. The van der Waals surface area contributed by atoms with Crippen molar-refractivity contribution in [1.29, 1.82) is 0 Å². The summed E-state index contributed by atoms with van der Waals surface area (Å²) in [7, 11) is -0.743. The number of thiophene rings is 1. The maximum absolute atomic E-state index is 14.4. The molecule has 0 aliphatic rings. The summed E-state index contributed by atoms with van der Waals surface area (Å²) in [6, 6.07) is 23.2. The number of carbonyl (C=O) groups is 1. The van der Waals surface area contributed by atoms with Crippen LogP contribution in [0.4, 0.5) is 14.5 Å². The lowest BCUT2D eigenvalue weighted by Gasteiger charge is -2.21. The van der Waals surface area contributed by atoms with E-state index in [1.165, 1.54) is 55.8 Å². The molecule has 42 heavy (non-hydrogen) atoms. The van der Waals surface area contributed by atoms with Gasteiger partial charge in [0.1, 0.15) is 23.0 Å². The van der Waals surface area contributed by atoms with Crippen LogP contribution in [0.2, 0.25) is 0 Å². The summed E-state index contributed by atoms with van der Waals surface area (Å²) in [6.07, 6.45) is 1.10. The molecule has 0 bridgehead atoms. The van der Waals surface area contributed by atoms with E-state index in [4.69, 9.17) is 4.42 Å². The molecular formula is C32H24F2N2O4S2. The van der Waals surface area contributed by atoms with Crippen LogP contribution in [0.5, 0.6) is 0 Å². The fourth-order valence-electron chi connectivity index (χ4n) is 4.97. The molecule has 0 aliphatic heterocycles. The van der Waals surface area contributed by atoms with Gasteiger partial charge in [-0.1, -0.05) is 24.3 Å². The fraction of sp³-hybridized carbons (Fsp3) is 0.0938. The van der Waals surface area contributed by atoms with E-state index in [1.807, 2.05) is 30.3 Å². The highest BCUT2D eigenvalue weighted by atomic mass is 32.2. The standard InChI is InChI=1S/C32H24F2N2O4S2/c1-35-32(37)30-24-15-22(19-6-4-7-20(14-19)29-16-23-25(34)8-5-9-28(23)41-29)26(36(2)42(3,38)39)17-27(24)40-31(30)18-10-12-21(33)13-11-18/h4-17H,1-3H3,(H,35,37). The van der Waals surface area contributed by atoms with Gasteiger partial charge in [0.25, 0.3) is 5.91 Å². The van der Waals surface area contributed by atoms with Crippen LogP contribution in [-0.2, 0) is 10.0 Å². The van der Waals surface area contributed by atoms with Crippen LogP contribution in [0.25, 0.3) is 53.9 Å². The van der Waals surface area contributed by atoms with Crippen LogP contribution in [0, 0.1) is 11.6 Å². The van der Waals surface area contributed by atoms with Gasteiger partial charge in [-0.25, -0.2) is 17.2 Å². The highest BCUT2D eigenvalue weighted by molar-refractivity contribution is 7.92. The molecule has 4 aromatic carbocycles. The number of hydrogen-bond acceptors (Lipinski definition) is 5. The van der Waals surface area contributed by atoms with Gasteiger partial charge < -0.3 is 9.73 Å². The number of fused-ring (bicyclic) bond motifs is 2. The molecule has 0 aliphatic carbocycles. The first-order valence-electron chi connectivity index (χ1n) is 12.9. The molecule has 6 rings (SSSR count). The Hall–Kier alpha value is -4.54. The maximum atomic E-state index is 14.4. The third-order valence-corrected chi connectivity index (χ3v) is 9.51. The van der Waals surface area contributed by atoms with E-state index in [-0.39, 0.29) is 17.1 Å². The zero-order valence-electron chi connectivity index (χ0n) is 22.7. The van der Waals surface area contributed by atoms with Gasteiger partial charge in [-0.2, -0.15) is 0 Å². The Labute approximate surface area is 244 Å². The predicted octanol–water partition coefficient (Wildman–Crippen LogP) is 7.68. The average molecular weight is 603 g/mol. The number of anilines is 1. The lowest BCUT2D eigenvalue weighted by Crippen LogP contribution is -2.25. The van der Waals surface area contributed by atoms with Gasteiger partial charge in [-0.15, -0.1) is 11.3 Å². The van der Waals surface area contributed by atoms with Crippen molar-refractivity contribution >= 4 is 54.0 Å². The van der Waals surface area contributed by atoms with E-state index in [2.05, 4.69) is 5.32 Å². The third-order valence-electron chi connectivity index (χ3n) is 7.17. The maximum Gasteiger partial charge on any atom is 0.255 e. The summed E-state index contributed by atoms with van der Waals surface area (Å²) >= 11 is 1.46. The van der Waals surface area contributed by atoms with Gasteiger partial charge in [0, 0.05) is 51.6 Å². The molecule has 2 heterocycles. The van der Waals surface area contributed by atoms with Crippen molar-refractivity contribution < 1.29 is 26.4 Å². The van der Waals surface area contributed by atoms with E-state index in [9.17, 15) is 22.0 Å². The van der Waals surface area contributed by atoms with Crippen molar-refractivity contribution in [2.75, 3.05) is 24.7 Å². The van der Waals surface area contributed by atoms with Gasteiger partial charge >= 0.3 is 0 Å². The van der Waals surface area contributed by atoms with E-state index in [1.54, 1.807) is 24.3 Å². The van der Waals surface area contributed by atoms with Crippen molar-refractivity contribution in [3.05, 3.63) is 102 Å². The summed E-state index contributed by atoms with van der Waals surface area (Å²) in [6.45, 7) is 0. The Morgan fingerprint density at radius 3 is 2.29 bits per heavy atom. The Balaban J connectivity index is 1.60. The second kappa shape index (κ2) is 10.4. The van der Waals surface area contributed by atoms with E-state index in [0.29, 0.717) is 38.7 Å². The molecule has 0 spiro atoms. The topological polar surface area (TPSA) is 79.6 Å². The quantitative estimate of drug-likeness (QED) is 0.212. The minimum absolute atomic E-state index is 0.232. The average Bonchev–Trinajstić information content (AvgIpc) is 3.58. The first kappa shape index (κ1) is 27.6. The second-order valence-corrected chi connectivity index (χ2v) is 12.9. The van der Waals surface area contributed by atoms with Crippen LogP contribution in [0.15, 0.2) is 89.3 Å². The zero-order valence-corrected chi connectivity index (χ0v) is 24.4. The van der Waals surface area contributed by atoms with Crippen molar-refractivity contribution in [1.82, 2.24) is 5.32 Å². The molecule has 2 aromatic heterocycles. The Kier molecular flexibility index (Phi) is 6.83. The molecular weight excluding hydrogens is 578 g/mol. The normalized spacial score (nSPS) is 11.7. The molecule has 6 nitrogen and oxygen atoms in total. The van der Waals surface area contributed by atoms with E-state index < -0.39 is 21.7 Å². The van der Waals surface area contributed by atoms with Crippen molar-refractivity contribution in [2.45, 2.75) is 0 Å². The zero-order chi connectivity index (χ0) is 29.8. The molecule has 0 radical (unpaired) electrons. The van der Waals surface area contributed by atoms with Crippen molar-refractivity contribution in [3.8, 4) is 32.9 Å². The summed E-state index contributed by atoms with van der Waals surface area (Å²) in [5.41, 5.74) is 3.42. The highest BCUT2D eigenvalue weighted by Gasteiger charge is 2.26. The van der Waals surface area contributed by atoms with Gasteiger partial charge in [-0.05, 0) is 65.7 Å². The molecule has 0 fully saturated rings. The molecule has 0 saturated heterocycles. The molecule has 0 saturated carbocycles. The molecule has 10 heteroatoms. The minimum Gasteiger partial charge on any atom is -0.455 e. The monoisotopic (exact) mass is 602 g/mol. The molecule has 0 atom stereocenters. The van der Waals surface area contributed by atoms with E-state index >= 15 is 0 Å². The minimum atomic E-state index is -3.69. The van der Waals surface area contributed by atoms with E-state index in [0.717, 1.165) is 25.7 Å². The summed E-state index contributed by atoms with van der Waals surface area (Å²) in [5.74, 6) is -0.913. The lowest BCUT2D eigenvalue weighted by molar-refractivity contribution is 0.0964. The van der Waals surface area contributed by atoms with Crippen LogP contribution >= 0.6 is 11.3 Å². The number of rotatable bonds is 6. The van der Waals surface area contributed by atoms with Crippen LogP contribution in [0.1, 0.15) is 10.4 Å². The van der Waals surface area contributed by atoms with Crippen LogP contribution in [-0.4, -0.2) is 34.7 Å². The number of furan rings is 1. The number of nitrogens with zero attached hydrogens (tertiary/aromatic N) is 1. The number of nitrogens with one attached hydrogen (secondary N) is 1. The van der Waals surface area contributed by atoms with Gasteiger partial charge in [0.2, 0.25) is 10.0 Å². The smallest absolute Gasteiger partial charge is 0.255 e. The number of amides is 1. The van der Waals surface area contributed by atoms with Gasteiger partial charge in [-0.3, -0.25) is 9.10 Å². The summed E-state index contributed by atoms with van der Waals surface area (Å²) in [5, 5.41) is 3.63. The fourth-order valence-corrected chi connectivity index (χ4v) is 6.54. The Morgan fingerprint density at radius 2 is 1.60 bits per heavy atom. The number of carbonyl (C=O) groups excluding carboxylic acids is 1. The van der Waals surface area contributed by atoms with Crippen molar-refractivity contribution in [2.24, 2.45) is 0 Å².